The largest absolute Gasteiger partial charge is 0.480 e. The maximum Gasteiger partial charge on any atom is 0.323 e. The van der Waals surface area contributed by atoms with Gasteiger partial charge in [0.15, 0.2) is 0 Å². The van der Waals surface area contributed by atoms with Crippen LogP contribution in [0, 0.1) is 0 Å². The van der Waals surface area contributed by atoms with Gasteiger partial charge in [0, 0.05) is 5.69 Å². The number of carbonyl (C=O) groups is 2. The van der Waals surface area contributed by atoms with Gasteiger partial charge in [0.2, 0.25) is 0 Å². The zero-order valence-electron chi connectivity index (χ0n) is 11.4. The lowest BCUT2D eigenvalue weighted by Gasteiger charge is -2.29. The molecule has 0 radical (unpaired) electrons. The van der Waals surface area contributed by atoms with Crippen LogP contribution in [0.4, 0.5) is 5.69 Å². The van der Waals surface area contributed by atoms with E-state index in [0.717, 1.165) is 5.56 Å². The molecule has 0 bridgehead atoms. The molecule has 104 valence electrons. The molecule has 0 saturated heterocycles. The van der Waals surface area contributed by atoms with E-state index in [1.54, 1.807) is 12.1 Å². The van der Waals surface area contributed by atoms with Crippen molar-refractivity contribution in [1.29, 1.82) is 0 Å². The van der Waals surface area contributed by atoms with Gasteiger partial charge in [0.05, 0.1) is 0 Å². The molecule has 1 rings (SSSR count). The van der Waals surface area contributed by atoms with Crippen molar-refractivity contribution in [2.24, 2.45) is 0 Å². The van der Waals surface area contributed by atoms with Gasteiger partial charge in [-0.2, -0.15) is 0 Å². The number of rotatable bonds is 5. The van der Waals surface area contributed by atoms with Crippen LogP contribution in [-0.2, 0) is 15.0 Å². The summed E-state index contributed by atoms with van der Waals surface area (Å²) < 4.78 is 0. The molecule has 1 aromatic rings. The standard InChI is InChI=1S/C14H19NO4/c1-14(2,3)10-6-4-5-7-11(10)15(8-12(16)17)9-13(18)19/h4-7H,8-9H2,1-3H3,(H,16,17)(H,18,19). The first-order valence-corrected chi connectivity index (χ1v) is 6.00. The third-order valence-corrected chi connectivity index (χ3v) is 2.70. The van der Waals surface area contributed by atoms with Crippen molar-refractivity contribution in [2.75, 3.05) is 18.0 Å². The van der Waals surface area contributed by atoms with Crippen molar-refractivity contribution in [3.63, 3.8) is 0 Å². The Morgan fingerprint density at radius 1 is 1.05 bits per heavy atom. The molecule has 1 aromatic carbocycles. The Hall–Kier alpha value is -2.04. The molecule has 0 aliphatic carbocycles. The average Bonchev–Trinajstić information content (AvgIpc) is 2.25. The number of nitrogens with zero attached hydrogens (tertiary/aromatic N) is 1. The van der Waals surface area contributed by atoms with Crippen LogP contribution in [0.25, 0.3) is 0 Å². The maximum absolute atomic E-state index is 10.9. The Balaban J connectivity index is 3.21. The third-order valence-electron chi connectivity index (χ3n) is 2.70. The number of anilines is 1. The summed E-state index contributed by atoms with van der Waals surface area (Å²) in [6.07, 6.45) is 0. The fourth-order valence-electron chi connectivity index (χ4n) is 1.94. The topological polar surface area (TPSA) is 77.8 Å². The first-order valence-electron chi connectivity index (χ1n) is 6.00. The van der Waals surface area contributed by atoms with Crippen LogP contribution in [0.2, 0.25) is 0 Å². The number of para-hydroxylation sites is 1. The zero-order valence-corrected chi connectivity index (χ0v) is 11.4. The molecule has 0 aliphatic rings. The van der Waals surface area contributed by atoms with Crippen molar-refractivity contribution >= 4 is 17.6 Å². The van der Waals surface area contributed by atoms with E-state index in [0.29, 0.717) is 5.69 Å². The molecule has 0 aliphatic heterocycles. The number of carboxylic acid groups (broad SMARTS) is 2. The van der Waals surface area contributed by atoms with Crippen molar-refractivity contribution < 1.29 is 19.8 Å². The predicted octanol–water partition coefficient (Wildman–Crippen LogP) is 1.96. The highest BCUT2D eigenvalue weighted by Gasteiger charge is 2.23. The molecule has 0 unspecified atom stereocenters. The van der Waals surface area contributed by atoms with E-state index in [1.807, 2.05) is 32.9 Å². The fourth-order valence-corrected chi connectivity index (χ4v) is 1.94. The van der Waals surface area contributed by atoms with E-state index in [1.165, 1.54) is 4.90 Å². The second-order valence-corrected chi connectivity index (χ2v) is 5.41. The molecule has 0 spiro atoms. The summed E-state index contributed by atoms with van der Waals surface area (Å²) >= 11 is 0. The number of carboxylic acids is 2. The minimum absolute atomic E-state index is 0.189. The highest BCUT2D eigenvalue weighted by Crippen LogP contribution is 2.31. The summed E-state index contributed by atoms with van der Waals surface area (Å²) in [6.45, 7) is 5.35. The van der Waals surface area contributed by atoms with Gasteiger partial charge in [-0.15, -0.1) is 0 Å². The van der Waals surface area contributed by atoms with E-state index in [2.05, 4.69) is 0 Å². The van der Waals surface area contributed by atoms with Crippen LogP contribution >= 0.6 is 0 Å². The van der Waals surface area contributed by atoms with Gasteiger partial charge in [-0.1, -0.05) is 39.0 Å². The lowest BCUT2D eigenvalue weighted by atomic mass is 9.85. The second kappa shape index (κ2) is 5.73. The first kappa shape index (κ1) is 15.0. The average molecular weight is 265 g/mol. The van der Waals surface area contributed by atoms with Crippen LogP contribution in [-0.4, -0.2) is 35.2 Å². The predicted molar refractivity (Wildman–Crippen MR) is 72.6 cm³/mol. The molecule has 19 heavy (non-hydrogen) atoms. The normalized spacial score (nSPS) is 11.1. The summed E-state index contributed by atoms with van der Waals surface area (Å²) in [5.74, 6) is -2.10. The maximum atomic E-state index is 10.9. The second-order valence-electron chi connectivity index (χ2n) is 5.41. The summed E-state index contributed by atoms with van der Waals surface area (Å²) in [5.41, 5.74) is 1.39. The first-order chi connectivity index (χ1) is 8.71. The monoisotopic (exact) mass is 265 g/mol. The Kier molecular flexibility index (Phi) is 4.53. The van der Waals surface area contributed by atoms with Crippen molar-refractivity contribution in [1.82, 2.24) is 0 Å². The van der Waals surface area contributed by atoms with Crippen LogP contribution in [0.5, 0.6) is 0 Å². The molecule has 0 fully saturated rings. The molecule has 5 nitrogen and oxygen atoms in total. The number of aliphatic carboxylic acids is 2. The Morgan fingerprint density at radius 3 is 1.95 bits per heavy atom. The van der Waals surface area contributed by atoms with Gasteiger partial charge < -0.3 is 15.1 Å². The van der Waals surface area contributed by atoms with Gasteiger partial charge in [0.1, 0.15) is 13.1 Å². The van der Waals surface area contributed by atoms with Crippen molar-refractivity contribution in [3.8, 4) is 0 Å². The van der Waals surface area contributed by atoms with E-state index in [4.69, 9.17) is 10.2 Å². The minimum atomic E-state index is -1.05. The number of hydrogen-bond donors (Lipinski definition) is 2. The SMILES string of the molecule is CC(C)(C)c1ccccc1N(CC(=O)O)CC(=O)O. The van der Waals surface area contributed by atoms with Crippen LogP contribution < -0.4 is 4.90 Å². The number of benzene rings is 1. The molecule has 0 heterocycles. The summed E-state index contributed by atoms with van der Waals surface area (Å²) in [5, 5.41) is 17.8. The molecular formula is C14H19NO4. The molecule has 0 amide bonds. The van der Waals surface area contributed by atoms with E-state index >= 15 is 0 Å². The van der Waals surface area contributed by atoms with E-state index in [-0.39, 0.29) is 18.5 Å². The van der Waals surface area contributed by atoms with Gasteiger partial charge in [-0.3, -0.25) is 9.59 Å². The van der Waals surface area contributed by atoms with Crippen LogP contribution in [0.3, 0.4) is 0 Å². The van der Waals surface area contributed by atoms with Gasteiger partial charge in [-0.25, -0.2) is 0 Å². The Labute approximate surface area is 112 Å². The van der Waals surface area contributed by atoms with E-state index in [9.17, 15) is 9.59 Å². The lowest BCUT2D eigenvalue weighted by molar-refractivity contribution is -0.136. The van der Waals surface area contributed by atoms with Crippen LogP contribution in [0.1, 0.15) is 26.3 Å². The lowest BCUT2D eigenvalue weighted by Crippen LogP contribution is -2.36. The van der Waals surface area contributed by atoms with Crippen molar-refractivity contribution in [3.05, 3.63) is 29.8 Å². The minimum Gasteiger partial charge on any atom is -0.480 e. The molecule has 5 heteroatoms. The van der Waals surface area contributed by atoms with Gasteiger partial charge in [-0.05, 0) is 17.0 Å². The molecular weight excluding hydrogens is 246 g/mol. The third kappa shape index (κ3) is 4.28. The summed E-state index contributed by atoms with van der Waals surface area (Å²) in [7, 11) is 0. The Bertz CT molecular complexity index is 461. The molecule has 2 N–H and O–H groups in total. The summed E-state index contributed by atoms with van der Waals surface area (Å²) in [4.78, 5) is 23.1. The molecule has 0 atom stereocenters. The van der Waals surface area contributed by atoms with Gasteiger partial charge >= 0.3 is 11.9 Å². The zero-order chi connectivity index (χ0) is 14.6. The van der Waals surface area contributed by atoms with Gasteiger partial charge in [0.25, 0.3) is 0 Å². The van der Waals surface area contributed by atoms with Crippen molar-refractivity contribution in [2.45, 2.75) is 26.2 Å². The highest BCUT2D eigenvalue weighted by molar-refractivity contribution is 5.80. The number of hydrogen-bond acceptors (Lipinski definition) is 3. The van der Waals surface area contributed by atoms with Crippen LogP contribution in [0.15, 0.2) is 24.3 Å². The quantitative estimate of drug-likeness (QED) is 0.851. The molecule has 0 saturated carbocycles. The fraction of sp³-hybridized carbons (Fsp3) is 0.429. The Morgan fingerprint density at radius 2 is 1.53 bits per heavy atom. The smallest absolute Gasteiger partial charge is 0.323 e. The summed E-state index contributed by atoms with van der Waals surface area (Å²) in [6, 6.07) is 7.30. The highest BCUT2D eigenvalue weighted by atomic mass is 16.4. The molecule has 0 aromatic heterocycles. The van der Waals surface area contributed by atoms with E-state index < -0.39 is 11.9 Å².